The molecule has 0 aromatic heterocycles. The number of thioether (sulfide) groups is 1. The molecule has 3 N–H and O–H groups in total. The number of carbonyl (C=O) groups excluding carboxylic acids is 4. The molecule has 0 aliphatic carbocycles. The third-order valence-electron chi connectivity index (χ3n) is 4.53. The molecule has 1 atom stereocenters. The van der Waals surface area contributed by atoms with Gasteiger partial charge in [-0.2, -0.15) is 0 Å². The Morgan fingerprint density at radius 2 is 1.62 bits per heavy atom. The van der Waals surface area contributed by atoms with Crippen molar-refractivity contribution >= 4 is 47.0 Å². The average molecular weight is 488 g/mol. The molecule has 1 heterocycles. The van der Waals surface area contributed by atoms with E-state index in [0.29, 0.717) is 36.1 Å². The van der Waals surface area contributed by atoms with E-state index in [1.165, 1.54) is 0 Å². The highest BCUT2D eigenvalue weighted by molar-refractivity contribution is 8.01. The highest BCUT2D eigenvalue weighted by atomic mass is 32.2. The molecule has 2 aromatic rings. The van der Waals surface area contributed by atoms with E-state index in [-0.39, 0.29) is 11.7 Å². The third kappa shape index (κ3) is 7.69. The van der Waals surface area contributed by atoms with Crippen molar-refractivity contribution in [3.05, 3.63) is 48.0 Å². The summed E-state index contributed by atoms with van der Waals surface area (Å²) in [6.07, 6.45) is 0. The van der Waals surface area contributed by atoms with Crippen molar-refractivity contribution in [3.8, 4) is 11.5 Å². The van der Waals surface area contributed by atoms with Crippen LogP contribution in [0, 0.1) is 6.92 Å². The number of imide groups is 1. The van der Waals surface area contributed by atoms with E-state index < -0.39 is 29.8 Å². The van der Waals surface area contributed by atoms with Gasteiger partial charge in [-0.15, -0.1) is 11.8 Å². The first-order chi connectivity index (χ1) is 16.3. The van der Waals surface area contributed by atoms with Gasteiger partial charge in [-0.1, -0.05) is 17.7 Å². The summed E-state index contributed by atoms with van der Waals surface area (Å²) in [5, 5.41) is 6.63. The number of nitrogens with one attached hydrogen (secondary N) is 3. The zero-order valence-corrected chi connectivity index (χ0v) is 19.5. The van der Waals surface area contributed by atoms with Crippen LogP contribution in [-0.4, -0.2) is 54.6 Å². The molecule has 3 rings (SSSR count). The zero-order valence-electron chi connectivity index (χ0n) is 18.7. The molecule has 0 spiro atoms. The number of benzene rings is 2. The van der Waals surface area contributed by atoms with Gasteiger partial charge in [0, 0.05) is 17.4 Å². The molecule has 0 bridgehead atoms. The standard InChI is InChI=1S/C23H25N3O7S/c1-14-3-5-16(6-4-14)24-21(28)13-34-15(2)22(29)33-12-20(27)26-23(30)25-17-7-8-18-19(11-17)32-10-9-31-18/h3-8,11,15H,9-10,12-13H2,1-2H3,(H,24,28)(H2,25,26,27,30). The number of aryl methyl sites for hydroxylation is 1. The number of carbonyl (C=O) groups is 4. The van der Waals surface area contributed by atoms with Crippen molar-refractivity contribution < 1.29 is 33.4 Å². The number of fused-ring (bicyclic) bond motifs is 1. The summed E-state index contributed by atoms with van der Waals surface area (Å²) in [6, 6.07) is 11.4. The number of amides is 4. The number of anilines is 2. The maximum absolute atomic E-state index is 12.1. The molecule has 0 fully saturated rings. The first-order valence-electron chi connectivity index (χ1n) is 10.5. The Balaban J connectivity index is 1.34. The van der Waals surface area contributed by atoms with Crippen molar-refractivity contribution in [2.24, 2.45) is 0 Å². The van der Waals surface area contributed by atoms with Gasteiger partial charge in [0.05, 0.1) is 5.75 Å². The summed E-state index contributed by atoms with van der Waals surface area (Å²) in [7, 11) is 0. The van der Waals surface area contributed by atoms with Crippen molar-refractivity contribution in [3.63, 3.8) is 0 Å². The lowest BCUT2D eigenvalue weighted by molar-refractivity contribution is -0.147. The molecule has 0 saturated carbocycles. The van der Waals surface area contributed by atoms with Gasteiger partial charge in [0.1, 0.15) is 18.5 Å². The van der Waals surface area contributed by atoms with Crippen LogP contribution >= 0.6 is 11.8 Å². The number of esters is 1. The Bertz CT molecular complexity index is 1060. The van der Waals surface area contributed by atoms with E-state index in [0.717, 1.165) is 17.3 Å². The fraction of sp³-hybridized carbons (Fsp3) is 0.304. The smallest absolute Gasteiger partial charge is 0.325 e. The van der Waals surface area contributed by atoms with Crippen LogP contribution in [0.4, 0.5) is 16.2 Å². The third-order valence-corrected chi connectivity index (χ3v) is 5.65. The van der Waals surface area contributed by atoms with Gasteiger partial charge in [-0.3, -0.25) is 19.7 Å². The van der Waals surface area contributed by atoms with Crippen molar-refractivity contribution in [1.82, 2.24) is 5.32 Å². The summed E-state index contributed by atoms with van der Waals surface area (Å²) in [6.45, 7) is 3.74. The molecule has 180 valence electrons. The molecule has 10 nitrogen and oxygen atoms in total. The van der Waals surface area contributed by atoms with Crippen LogP contribution in [0.5, 0.6) is 11.5 Å². The number of ether oxygens (including phenoxy) is 3. The Hall–Kier alpha value is -3.73. The summed E-state index contributed by atoms with van der Waals surface area (Å²) >= 11 is 1.07. The summed E-state index contributed by atoms with van der Waals surface area (Å²) in [4.78, 5) is 48.1. The van der Waals surface area contributed by atoms with E-state index in [1.807, 2.05) is 19.1 Å². The molecule has 11 heteroatoms. The van der Waals surface area contributed by atoms with Crippen molar-refractivity contribution in [1.29, 1.82) is 0 Å². The second-order valence-electron chi connectivity index (χ2n) is 7.34. The van der Waals surface area contributed by atoms with Gasteiger partial charge < -0.3 is 24.8 Å². The fourth-order valence-corrected chi connectivity index (χ4v) is 3.48. The van der Waals surface area contributed by atoms with Crippen LogP contribution in [-0.2, 0) is 19.1 Å². The number of hydrogen-bond donors (Lipinski definition) is 3. The molecule has 2 aromatic carbocycles. The molecule has 0 saturated heterocycles. The number of hydrogen-bond acceptors (Lipinski definition) is 8. The van der Waals surface area contributed by atoms with E-state index in [1.54, 1.807) is 37.3 Å². The van der Waals surface area contributed by atoms with Crippen LogP contribution in [0.15, 0.2) is 42.5 Å². The first kappa shape index (κ1) is 24.9. The molecular formula is C23H25N3O7S. The van der Waals surface area contributed by atoms with E-state index in [9.17, 15) is 19.2 Å². The predicted octanol–water partition coefficient (Wildman–Crippen LogP) is 2.72. The minimum atomic E-state index is -0.794. The summed E-state index contributed by atoms with van der Waals surface area (Å²) in [5.74, 6) is -0.632. The lowest BCUT2D eigenvalue weighted by atomic mass is 10.2. The van der Waals surface area contributed by atoms with Gasteiger partial charge >= 0.3 is 12.0 Å². The van der Waals surface area contributed by atoms with Crippen LogP contribution in [0.1, 0.15) is 12.5 Å². The zero-order chi connectivity index (χ0) is 24.5. The largest absolute Gasteiger partial charge is 0.486 e. The normalized spacial score (nSPS) is 12.8. The van der Waals surface area contributed by atoms with Crippen LogP contribution < -0.4 is 25.4 Å². The van der Waals surface area contributed by atoms with Gasteiger partial charge in [-0.05, 0) is 38.1 Å². The maximum atomic E-state index is 12.1. The fourth-order valence-electron chi connectivity index (χ4n) is 2.80. The lowest BCUT2D eigenvalue weighted by Crippen LogP contribution is -2.37. The Labute approximate surface area is 200 Å². The first-order valence-corrected chi connectivity index (χ1v) is 11.5. The van der Waals surface area contributed by atoms with Gasteiger partial charge in [0.25, 0.3) is 5.91 Å². The quantitative estimate of drug-likeness (QED) is 0.484. The van der Waals surface area contributed by atoms with Crippen molar-refractivity contribution in [2.75, 3.05) is 36.2 Å². The highest BCUT2D eigenvalue weighted by Crippen LogP contribution is 2.32. The SMILES string of the molecule is Cc1ccc(NC(=O)CSC(C)C(=O)OCC(=O)NC(=O)Nc2ccc3c(c2)OCCO3)cc1. The predicted molar refractivity (Wildman–Crippen MR) is 127 cm³/mol. The molecule has 1 aliphatic rings. The molecule has 1 unspecified atom stereocenters. The Kier molecular flexibility index (Phi) is 8.74. The minimum Gasteiger partial charge on any atom is -0.486 e. The Morgan fingerprint density at radius 3 is 2.35 bits per heavy atom. The number of rotatable bonds is 8. The molecule has 4 amide bonds. The molecule has 1 aliphatic heterocycles. The van der Waals surface area contributed by atoms with Crippen LogP contribution in [0.25, 0.3) is 0 Å². The van der Waals surface area contributed by atoms with Gasteiger partial charge in [-0.25, -0.2) is 4.79 Å². The minimum absolute atomic E-state index is 0.0360. The monoisotopic (exact) mass is 487 g/mol. The van der Waals surface area contributed by atoms with Crippen LogP contribution in [0.2, 0.25) is 0 Å². The second kappa shape index (κ2) is 11.9. The van der Waals surface area contributed by atoms with E-state index in [4.69, 9.17) is 14.2 Å². The van der Waals surface area contributed by atoms with Crippen molar-refractivity contribution in [2.45, 2.75) is 19.1 Å². The topological polar surface area (TPSA) is 132 Å². The van der Waals surface area contributed by atoms with Gasteiger partial charge in [0.2, 0.25) is 5.91 Å². The Morgan fingerprint density at radius 1 is 0.941 bits per heavy atom. The van der Waals surface area contributed by atoms with E-state index >= 15 is 0 Å². The maximum Gasteiger partial charge on any atom is 0.325 e. The lowest BCUT2D eigenvalue weighted by Gasteiger charge is -2.19. The summed E-state index contributed by atoms with van der Waals surface area (Å²) < 4.78 is 15.8. The second-order valence-corrected chi connectivity index (χ2v) is 8.66. The molecule has 34 heavy (non-hydrogen) atoms. The molecular weight excluding hydrogens is 462 g/mol. The van der Waals surface area contributed by atoms with Crippen LogP contribution in [0.3, 0.4) is 0 Å². The average Bonchev–Trinajstić information content (AvgIpc) is 2.82. The molecule has 0 radical (unpaired) electrons. The number of urea groups is 1. The summed E-state index contributed by atoms with van der Waals surface area (Å²) in [5.41, 5.74) is 2.15. The van der Waals surface area contributed by atoms with Gasteiger partial charge in [0.15, 0.2) is 18.1 Å². The van der Waals surface area contributed by atoms with E-state index in [2.05, 4.69) is 16.0 Å². The highest BCUT2D eigenvalue weighted by Gasteiger charge is 2.19.